The van der Waals surface area contributed by atoms with Gasteiger partial charge in [-0.05, 0) is 19.3 Å². The largest absolute Gasteiger partial charge is 0.394 e. The summed E-state index contributed by atoms with van der Waals surface area (Å²) in [4.78, 5) is 25.8. The van der Waals surface area contributed by atoms with Gasteiger partial charge < -0.3 is 121 Å². The molecular formula is C62H117N3O23. The van der Waals surface area contributed by atoms with Crippen LogP contribution in [0.2, 0.25) is 0 Å². The number of hydrogen-bond donors (Lipinski definition) is 16. The van der Waals surface area contributed by atoms with Crippen LogP contribution < -0.4 is 16.8 Å². The van der Waals surface area contributed by atoms with Gasteiger partial charge in [0.25, 0.3) is 0 Å². The van der Waals surface area contributed by atoms with Crippen LogP contribution >= 0.6 is 0 Å². The lowest BCUT2D eigenvalue weighted by atomic mass is 9.94. The minimum Gasteiger partial charge on any atom is -0.394 e. The molecule has 22 atom stereocenters. The Morgan fingerprint density at radius 3 is 1.26 bits per heavy atom. The third-order valence-electron chi connectivity index (χ3n) is 17.1. The Hall–Kier alpha value is -2.20. The van der Waals surface area contributed by atoms with E-state index in [1.807, 2.05) is 6.08 Å². The summed E-state index contributed by atoms with van der Waals surface area (Å²) in [5.41, 5.74) is 0. The first-order valence-corrected chi connectivity index (χ1v) is 32.9. The van der Waals surface area contributed by atoms with Crippen LogP contribution in [0.5, 0.6) is 0 Å². The van der Waals surface area contributed by atoms with E-state index in [0.717, 1.165) is 51.9 Å². The van der Waals surface area contributed by atoms with Crippen LogP contribution in [0.3, 0.4) is 0 Å². The van der Waals surface area contributed by atoms with E-state index in [0.29, 0.717) is 12.8 Å². The smallest absolute Gasteiger partial charge is 0.220 e. The molecule has 4 heterocycles. The second kappa shape index (κ2) is 45.2. The van der Waals surface area contributed by atoms with E-state index in [1.54, 1.807) is 6.08 Å². The summed E-state index contributed by atoms with van der Waals surface area (Å²) < 4.78 is 46.6. The summed E-state index contributed by atoms with van der Waals surface area (Å²) in [6.45, 7) is 1.63. The molecule has 0 radical (unpaired) electrons. The van der Waals surface area contributed by atoms with Gasteiger partial charge >= 0.3 is 0 Å². The Kier molecular flexibility index (Phi) is 41.1. The Morgan fingerprint density at radius 1 is 0.455 bits per heavy atom. The Labute approximate surface area is 521 Å². The predicted octanol–water partition coefficient (Wildman–Crippen LogP) is 1.95. The number of carbonyl (C=O) groups excluding carboxylic acids is 2. The molecule has 518 valence electrons. The first-order chi connectivity index (χ1) is 42.0. The van der Waals surface area contributed by atoms with Crippen LogP contribution in [-0.4, -0.2) is 246 Å². The molecule has 4 saturated heterocycles. The molecule has 26 heteroatoms. The summed E-state index contributed by atoms with van der Waals surface area (Å²) in [5, 5.41) is 146. The molecule has 0 unspecified atom stereocenters. The van der Waals surface area contributed by atoms with Gasteiger partial charge in [-0.25, -0.2) is 0 Å². The maximum absolute atomic E-state index is 13.4. The molecule has 26 nitrogen and oxygen atoms in total. The molecule has 4 aliphatic rings. The van der Waals surface area contributed by atoms with Crippen molar-refractivity contribution in [3.63, 3.8) is 0 Å². The molecule has 0 aromatic carbocycles. The number of unbranched alkanes of at least 4 members (excludes halogenated alkanes) is 25. The standard InChI is InChI=1S/C62H114N2O23.H3N/c1-4-6-8-10-12-14-16-18-19-21-23-25-27-29-31-33-46(71)64-40(41(70)32-30-28-26-24-22-20-17-15-13-11-9-7-5-2)38-80-60-54(78)51(75)58(44(36-67)83-60)87-62-55(79)52(76)57(45(37-68)84-62)85-59-47(63-39(3)69)49(73)56(43(35-66)82-59)86-61-53(77)50(74)48(72)42(34-65)81-61;/h30,32,40-45,47-62,65-68,70,72-79H,4-29,31,33-38H2,1-3H3,(H,63,69)(H,64,71);1H3/b32-30+;/t40-,41+,42+,43+,44+,45+,47+,48-,49+,50-,51+,52+,53+,54+,55+,56-,57-,58+,59-,60+,61-,62-;/m0./s1. The van der Waals surface area contributed by atoms with Gasteiger partial charge in [-0.1, -0.05) is 180 Å². The molecule has 0 spiro atoms. The molecule has 4 fully saturated rings. The highest BCUT2D eigenvalue weighted by Gasteiger charge is 2.56. The molecule has 0 aliphatic carbocycles. The van der Waals surface area contributed by atoms with E-state index in [2.05, 4.69) is 24.5 Å². The normalized spacial score (nSPS) is 33.5. The van der Waals surface area contributed by atoms with E-state index in [9.17, 15) is 76.0 Å². The quantitative estimate of drug-likeness (QED) is 0.0306. The number of amides is 2. The van der Waals surface area contributed by atoms with Gasteiger partial charge in [0.2, 0.25) is 11.8 Å². The van der Waals surface area contributed by atoms with Gasteiger partial charge in [-0.2, -0.15) is 0 Å². The predicted molar refractivity (Wildman–Crippen MR) is 322 cm³/mol. The summed E-state index contributed by atoms with van der Waals surface area (Å²) in [6, 6.07) is -2.63. The molecule has 0 aromatic heterocycles. The monoisotopic (exact) mass is 1270 g/mol. The second-order valence-electron chi connectivity index (χ2n) is 24.3. The van der Waals surface area contributed by atoms with Crippen LogP contribution in [0.15, 0.2) is 12.2 Å². The van der Waals surface area contributed by atoms with Crippen molar-refractivity contribution >= 4 is 11.8 Å². The topological polar surface area (TPSA) is 430 Å². The zero-order chi connectivity index (χ0) is 63.7. The number of aliphatic hydroxyl groups is 13. The minimum absolute atomic E-state index is 0. The summed E-state index contributed by atoms with van der Waals surface area (Å²) in [5.74, 6) is -1.05. The van der Waals surface area contributed by atoms with Crippen molar-refractivity contribution in [3.05, 3.63) is 12.2 Å². The summed E-state index contributed by atoms with van der Waals surface area (Å²) in [6.07, 6.45) is 0.419. The Bertz CT molecular complexity index is 1830. The maximum Gasteiger partial charge on any atom is 0.220 e. The van der Waals surface area contributed by atoms with E-state index >= 15 is 0 Å². The van der Waals surface area contributed by atoms with Crippen molar-refractivity contribution in [1.82, 2.24) is 16.8 Å². The fourth-order valence-electron chi connectivity index (χ4n) is 11.7. The molecule has 4 aliphatic heterocycles. The summed E-state index contributed by atoms with van der Waals surface area (Å²) >= 11 is 0. The molecule has 0 saturated carbocycles. The summed E-state index contributed by atoms with van der Waals surface area (Å²) in [7, 11) is 0. The highest BCUT2D eigenvalue weighted by molar-refractivity contribution is 5.76. The van der Waals surface area contributed by atoms with Crippen LogP contribution in [0.1, 0.15) is 201 Å². The van der Waals surface area contributed by atoms with Gasteiger partial charge in [0.1, 0.15) is 97.6 Å². The van der Waals surface area contributed by atoms with Crippen LogP contribution in [-0.2, 0) is 47.5 Å². The van der Waals surface area contributed by atoms with Gasteiger partial charge in [0, 0.05) is 13.3 Å². The van der Waals surface area contributed by atoms with Gasteiger partial charge in [-0.15, -0.1) is 0 Å². The molecule has 4 rings (SSSR count). The van der Waals surface area contributed by atoms with E-state index < -0.39 is 174 Å². The third-order valence-corrected chi connectivity index (χ3v) is 17.1. The number of aliphatic hydroxyl groups excluding tert-OH is 13. The average molecular weight is 1270 g/mol. The fraction of sp³-hybridized carbons (Fsp3) is 0.935. The van der Waals surface area contributed by atoms with Crippen molar-refractivity contribution in [2.75, 3.05) is 33.0 Å². The van der Waals surface area contributed by atoms with Crippen LogP contribution in [0.4, 0.5) is 0 Å². The number of nitrogens with one attached hydrogen (secondary N) is 2. The molecule has 0 aromatic rings. The van der Waals surface area contributed by atoms with Gasteiger partial charge in [0.15, 0.2) is 25.2 Å². The van der Waals surface area contributed by atoms with E-state index in [4.69, 9.17) is 37.9 Å². The fourth-order valence-corrected chi connectivity index (χ4v) is 11.7. The maximum atomic E-state index is 13.4. The number of hydrogen-bond acceptors (Lipinski definition) is 24. The molecular weight excluding hydrogens is 1150 g/mol. The SMILES string of the molecule is CCCCCCCCCCCCC/C=C/[C@@H](O)[C@H](CO[C@@H]1O[C@H](CO)[C@@H](O[C@@H]2O[C@H](CO)[C@H](O[C@@H]3O[C@H](CO)[C@H](O[C@@H]4O[C@H](CO)[C@H](O)[C@H](O)[C@H]4O)[C@H](O)[C@H]3NC(C)=O)[C@H](O)[C@H]2O)[C@H](O)[C@H]1O)NC(=O)CCCCCCCCCCCCCCCCC.N. The van der Waals surface area contributed by atoms with Crippen molar-refractivity contribution in [1.29, 1.82) is 0 Å². The van der Waals surface area contributed by atoms with Crippen molar-refractivity contribution in [2.24, 2.45) is 0 Å². The van der Waals surface area contributed by atoms with Crippen molar-refractivity contribution < 1.29 is 114 Å². The number of carbonyl (C=O) groups is 2. The third kappa shape index (κ3) is 26.7. The second-order valence-corrected chi connectivity index (χ2v) is 24.3. The zero-order valence-electron chi connectivity index (χ0n) is 52.8. The Morgan fingerprint density at radius 2 is 0.818 bits per heavy atom. The zero-order valence-corrected chi connectivity index (χ0v) is 52.8. The first kappa shape index (κ1) is 80.0. The lowest BCUT2D eigenvalue weighted by Gasteiger charge is -2.50. The number of allylic oxidation sites excluding steroid dienone is 1. The average Bonchev–Trinajstić information content (AvgIpc) is 0.877. The Balaban J connectivity index is 0.0000202. The lowest BCUT2D eigenvalue weighted by Crippen LogP contribution is -2.69. The first-order valence-electron chi connectivity index (χ1n) is 32.9. The van der Waals surface area contributed by atoms with Crippen molar-refractivity contribution in [2.45, 2.75) is 335 Å². The molecule has 88 heavy (non-hydrogen) atoms. The van der Waals surface area contributed by atoms with E-state index in [-0.39, 0.29) is 18.5 Å². The highest BCUT2D eigenvalue weighted by atomic mass is 16.8. The number of ether oxygens (including phenoxy) is 8. The van der Waals surface area contributed by atoms with Crippen LogP contribution in [0.25, 0.3) is 0 Å². The van der Waals surface area contributed by atoms with Gasteiger partial charge in [-0.3, -0.25) is 9.59 Å². The molecule has 0 bridgehead atoms. The molecule has 18 N–H and O–H groups in total. The number of rotatable bonds is 45. The van der Waals surface area contributed by atoms with Crippen LogP contribution in [0, 0.1) is 0 Å². The molecule has 2 amide bonds. The van der Waals surface area contributed by atoms with E-state index in [1.165, 1.54) is 116 Å². The van der Waals surface area contributed by atoms with Gasteiger partial charge in [0.05, 0.1) is 45.2 Å². The minimum atomic E-state index is -2.08. The highest BCUT2D eigenvalue weighted by Crippen LogP contribution is 2.35. The van der Waals surface area contributed by atoms with Crippen molar-refractivity contribution in [3.8, 4) is 0 Å². The lowest BCUT2D eigenvalue weighted by molar-refractivity contribution is -0.380.